The summed E-state index contributed by atoms with van der Waals surface area (Å²) in [5, 5.41) is 10.3. The molecule has 0 saturated carbocycles. The number of allylic oxidation sites excluding steroid dienone is 1. The minimum atomic E-state index is 0.127. The number of hydrogen-bond donors (Lipinski definition) is 0. The van der Waals surface area contributed by atoms with Gasteiger partial charge in [-0.3, -0.25) is 0 Å². The average Bonchev–Trinajstić information content (AvgIpc) is 2.60. The molecule has 0 atom stereocenters. The van der Waals surface area contributed by atoms with E-state index in [-0.39, 0.29) is 6.61 Å². The Bertz CT molecular complexity index is 861. The molecule has 0 heterocycles. The Morgan fingerprint density at radius 3 is 2.62 bits per heavy atom. The molecule has 0 aliphatic rings. The number of hydrogen-bond acceptors (Lipinski definition) is 3. The zero-order valence-electron chi connectivity index (χ0n) is 12.8. The van der Waals surface area contributed by atoms with Gasteiger partial charge in [0.05, 0.1) is 28.8 Å². The molecule has 24 heavy (non-hydrogen) atoms. The maximum Gasteiger partial charge on any atom is 0.148 e. The normalized spacial score (nSPS) is 10.6. The lowest BCUT2D eigenvalue weighted by molar-refractivity contribution is 0.367. The van der Waals surface area contributed by atoms with Crippen molar-refractivity contribution in [1.29, 1.82) is 5.26 Å². The van der Waals surface area contributed by atoms with Crippen LogP contribution in [0.4, 0.5) is 0 Å². The summed E-state index contributed by atoms with van der Waals surface area (Å²) in [4.78, 5) is 0. The highest BCUT2D eigenvalue weighted by molar-refractivity contribution is 6.42. The van der Waals surface area contributed by atoms with Crippen LogP contribution in [0.25, 0.3) is 11.6 Å². The number of nitriles is 1. The molecular weight excluding hydrogens is 345 g/mol. The van der Waals surface area contributed by atoms with Crippen LogP contribution in [0.1, 0.15) is 11.1 Å². The molecule has 0 radical (unpaired) electrons. The monoisotopic (exact) mass is 357 g/mol. The first-order chi connectivity index (χ1) is 11.6. The standard InChI is InChI=1S/C19H13Cl2NO2/c1-3-8-24-19-7-5-16(23-2)10-14(19)9-15(12-22)13-4-6-17(20)18(21)11-13/h1,4-7,9-11H,8H2,2H3/b15-9-. The second-order valence-electron chi connectivity index (χ2n) is 4.70. The van der Waals surface area contributed by atoms with Crippen LogP contribution in [0, 0.1) is 23.7 Å². The summed E-state index contributed by atoms with van der Waals surface area (Å²) in [5.41, 5.74) is 1.73. The maximum atomic E-state index is 9.50. The lowest BCUT2D eigenvalue weighted by Gasteiger charge is -2.10. The topological polar surface area (TPSA) is 42.2 Å². The van der Waals surface area contributed by atoms with Crippen LogP contribution in [0.3, 0.4) is 0 Å². The molecule has 0 N–H and O–H groups in total. The minimum Gasteiger partial charge on any atom is -0.497 e. The van der Waals surface area contributed by atoms with E-state index in [1.807, 2.05) is 0 Å². The Hall–Kier alpha value is -2.59. The molecule has 3 nitrogen and oxygen atoms in total. The van der Waals surface area contributed by atoms with Gasteiger partial charge in [0.15, 0.2) is 0 Å². The first kappa shape index (κ1) is 17.8. The van der Waals surface area contributed by atoms with Crippen LogP contribution in [-0.2, 0) is 0 Å². The van der Waals surface area contributed by atoms with E-state index in [4.69, 9.17) is 39.1 Å². The highest BCUT2D eigenvalue weighted by atomic mass is 35.5. The van der Waals surface area contributed by atoms with Gasteiger partial charge in [0.25, 0.3) is 0 Å². The molecule has 0 aliphatic carbocycles. The van der Waals surface area contributed by atoms with Gasteiger partial charge in [0.2, 0.25) is 0 Å². The summed E-state index contributed by atoms with van der Waals surface area (Å²) in [6.07, 6.45) is 6.93. The summed E-state index contributed by atoms with van der Waals surface area (Å²) in [6.45, 7) is 0.127. The van der Waals surface area contributed by atoms with Crippen molar-refractivity contribution in [3.05, 3.63) is 57.6 Å². The zero-order valence-corrected chi connectivity index (χ0v) is 14.4. The Labute approximate surface area is 151 Å². The fraction of sp³-hybridized carbons (Fsp3) is 0.105. The molecule has 0 bridgehead atoms. The predicted octanol–water partition coefficient (Wildman–Crippen LogP) is 5.08. The zero-order chi connectivity index (χ0) is 17.5. The Morgan fingerprint density at radius 1 is 1.21 bits per heavy atom. The summed E-state index contributed by atoms with van der Waals surface area (Å²) in [7, 11) is 1.56. The van der Waals surface area contributed by atoms with Crippen LogP contribution < -0.4 is 9.47 Å². The van der Waals surface area contributed by atoms with E-state index in [9.17, 15) is 5.26 Å². The van der Waals surface area contributed by atoms with E-state index >= 15 is 0 Å². The van der Waals surface area contributed by atoms with E-state index in [1.54, 1.807) is 49.6 Å². The summed E-state index contributed by atoms with van der Waals surface area (Å²) in [5.74, 6) is 3.61. The van der Waals surface area contributed by atoms with E-state index in [0.717, 1.165) is 0 Å². The second-order valence-corrected chi connectivity index (χ2v) is 5.51. The molecule has 0 unspecified atom stereocenters. The van der Waals surface area contributed by atoms with Gasteiger partial charge >= 0.3 is 0 Å². The average molecular weight is 358 g/mol. The molecule has 0 aliphatic heterocycles. The molecule has 2 rings (SSSR count). The SMILES string of the molecule is C#CCOc1ccc(OC)cc1/C=C(/C#N)c1ccc(Cl)c(Cl)c1. The number of benzene rings is 2. The van der Waals surface area contributed by atoms with Gasteiger partial charge in [-0.1, -0.05) is 35.2 Å². The third kappa shape index (κ3) is 4.24. The Balaban J connectivity index is 2.51. The Morgan fingerprint density at radius 2 is 2.00 bits per heavy atom. The third-order valence-corrected chi connectivity index (χ3v) is 3.92. The molecule has 2 aromatic rings. The van der Waals surface area contributed by atoms with Crippen molar-refractivity contribution in [2.75, 3.05) is 13.7 Å². The lowest BCUT2D eigenvalue weighted by Crippen LogP contribution is -1.96. The van der Waals surface area contributed by atoms with Gasteiger partial charge in [-0.15, -0.1) is 6.42 Å². The number of methoxy groups -OCH3 is 1. The van der Waals surface area contributed by atoms with Gasteiger partial charge in [-0.05, 0) is 42.0 Å². The fourth-order valence-corrected chi connectivity index (χ4v) is 2.31. The van der Waals surface area contributed by atoms with Crippen molar-refractivity contribution < 1.29 is 9.47 Å². The van der Waals surface area contributed by atoms with E-state index in [1.165, 1.54) is 0 Å². The molecule has 0 fully saturated rings. The second kappa shape index (κ2) is 8.31. The van der Waals surface area contributed by atoms with E-state index in [0.29, 0.717) is 38.2 Å². The quantitative estimate of drug-likeness (QED) is 0.425. The first-order valence-corrected chi connectivity index (χ1v) is 7.66. The van der Waals surface area contributed by atoms with Crippen molar-refractivity contribution >= 4 is 34.9 Å². The first-order valence-electron chi connectivity index (χ1n) is 6.90. The highest BCUT2D eigenvalue weighted by Gasteiger charge is 2.09. The van der Waals surface area contributed by atoms with Gasteiger partial charge in [-0.2, -0.15) is 5.26 Å². The molecule has 0 amide bonds. The Kier molecular flexibility index (Phi) is 6.15. The van der Waals surface area contributed by atoms with Crippen molar-refractivity contribution in [2.24, 2.45) is 0 Å². The van der Waals surface area contributed by atoms with Gasteiger partial charge < -0.3 is 9.47 Å². The molecule has 2 aromatic carbocycles. The number of rotatable bonds is 5. The highest BCUT2D eigenvalue weighted by Crippen LogP contribution is 2.30. The molecule has 0 aromatic heterocycles. The summed E-state index contributed by atoms with van der Waals surface area (Å²) >= 11 is 12.0. The molecule has 0 saturated heterocycles. The summed E-state index contributed by atoms with van der Waals surface area (Å²) in [6, 6.07) is 12.4. The minimum absolute atomic E-state index is 0.127. The van der Waals surface area contributed by atoms with Crippen LogP contribution >= 0.6 is 23.2 Å². The van der Waals surface area contributed by atoms with Crippen molar-refractivity contribution in [3.63, 3.8) is 0 Å². The molecular formula is C19H13Cl2NO2. The van der Waals surface area contributed by atoms with Crippen LogP contribution in [0.5, 0.6) is 11.5 Å². The van der Waals surface area contributed by atoms with Crippen LogP contribution in [0.2, 0.25) is 10.0 Å². The molecule has 0 spiro atoms. The van der Waals surface area contributed by atoms with Gasteiger partial charge in [0, 0.05) is 5.56 Å². The van der Waals surface area contributed by atoms with Crippen LogP contribution in [-0.4, -0.2) is 13.7 Å². The smallest absolute Gasteiger partial charge is 0.148 e. The molecule has 120 valence electrons. The van der Waals surface area contributed by atoms with Gasteiger partial charge in [0.1, 0.15) is 18.1 Å². The number of ether oxygens (including phenoxy) is 2. The summed E-state index contributed by atoms with van der Waals surface area (Å²) < 4.78 is 10.7. The van der Waals surface area contributed by atoms with Crippen molar-refractivity contribution in [1.82, 2.24) is 0 Å². The lowest BCUT2D eigenvalue weighted by atomic mass is 10.0. The maximum absolute atomic E-state index is 9.50. The van der Waals surface area contributed by atoms with Crippen molar-refractivity contribution in [3.8, 4) is 29.9 Å². The number of nitrogens with zero attached hydrogens (tertiary/aromatic N) is 1. The predicted molar refractivity (Wildman–Crippen MR) is 97.3 cm³/mol. The van der Waals surface area contributed by atoms with E-state index < -0.39 is 0 Å². The molecule has 5 heteroatoms. The number of terminal acetylenes is 1. The van der Waals surface area contributed by atoms with Crippen LogP contribution in [0.15, 0.2) is 36.4 Å². The van der Waals surface area contributed by atoms with Gasteiger partial charge in [-0.25, -0.2) is 0 Å². The third-order valence-electron chi connectivity index (χ3n) is 3.18. The number of halogens is 2. The fourth-order valence-electron chi connectivity index (χ4n) is 2.02. The van der Waals surface area contributed by atoms with E-state index in [2.05, 4.69) is 12.0 Å². The van der Waals surface area contributed by atoms with Crippen molar-refractivity contribution in [2.45, 2.75) is 0 Å². The largest absolute Gasteiger partial charge is 0.497 e.